The summed E-state index contributed by atoms with van der Waals surface area (Å²) in [7, 11) is 0. The van der Waals surface area contributed by atoms with Crippen LogP contribution in [0.2, 0.25) is 5.02 Å². The highest BCUT2D eigenvalue weighted by Gasteiger charge is 2.17. The Morgan fingerprint density at radius 1 is 1.09 bits per heavy atom. The molecule has 0 atom stereocenters. The lowest BCUT2D eigenvalue weighted by Crippen LogP contribution is -2.12. The number of ether oxygens (including phenoxy) is 1. The van der Waals surface area contributed by atoms with E-state index in [0.29, 0.717) is 34.1 Å². The number of carbonyl (C=O) groups is 1. The summed E-state index contributed by atoms with van der Waals surface area (Å²) in [5, 5.41) is 14.2. The number of rotatable bonds is 6. The zero-order valence-corrected chi connectivity index (χ0v) is 18.5. The molecule has 1 heterocycles. The summed E-state index contributed by atoms with van der Waals surface area (Å²) in [6.45, 7) is 1.73. The summed E-state index contributed by atoms with van der Waals surface area (Å²) in [4.78, 5) is 42.0. The number of halogens is 1. The number of nitrogens with one attached hydrogen (secondary N) is 2. The summed E-state index contributed by atoms with van der Waals surface area (Å²) in [5.74, 6) is 0.385. The summed E-state index contributed by atoms with van der Waals surface area (Å²) in [6, 6.07) is 18.6. The molecule has 0 saturated heterocycles. The molecule has 4 aromatic rings. The van der Waals surface area contributed by atoms with Crippen molar-refractivity contribution >= 4 is 28.9 Å². The second-order valence-electron chi connectivity index (χ2n) is 7.27. The minimum Gasteiger partial charge on any atom is -0.450 e. The Labute approximate surface area is 198 Å². The van der Waals surface area contributed by atoms with E-state index in [0.717, 1.165) is 0 Å². The first-order chi connectivity index (χ1) is 16.3. The van der Waals surface area contributed by atoms with Crippen LogP contribution in [0.1, 0.15) is 16.1 Å². The number of anilines is 1. The lowest BCUT2D eigenvalue weighted by Gasteiger charge is -2.09. The van der Waals surface area contributed by atoms with Crippen LogP contribution in [0.5, 0.6) is 11.5 Å². The Bertz CT molecular complexity index is 1450. The molecule has 10 heteroatoms. The van der Waals surface area contributed by atoms with Gasteiger partial charge in [0.15, 0.2) is 0 Å². The van der Waals surface area contributed by atoms with Crippen molar-refractivity contribution < 1.29 is 14.5 Å². The molecule has 0 aliphatic carbocycles. The third kappa shape index (κ3) is 5.28. The molecule has 0 aliphatic heterocycles. The van der Waals surface area contributed by atoms with Crippen LogP contribution in [0.4, 0.5) is 11.4 Å². The quantitative estimate of drug-likeness (QED) is 0.285. The molecule has 0 aliphatic rings. The van der Waals surface area contributed by atoms with E-state index in [2.05, 4.69) is 15.3 Å². The molecular weight excluding hydrogens is 460 g/mol. The summed E-state index contributed by atoms with van der Waals surface area (Å²) in [6.07, 6.45) is 0. The van der Waals surface area contributed by atoms with Crippen molar-refractivity contribution in [1.82, 2.24) is 9.97 Å². The topological polar surface area (TPSA) is 127 Å². The first kappa shape index (κ1) is 22.7. The fraction of sp³-hybridized carbons (Fsp3) is 0.0417. The molecule has 170 valence electrons. The molecule has 2 N–H and O–H groups in total. The summed E-state index contributed by atoms with van der Waals surface area (Å²) >= 11 is 5.82. The number of H-pyrrole nitrogens is 1. The third-order valence-electron chi connectivity index (χ3n) is 4.73. The maximum atomic E-state index is 12.7. The van der Waals surface area contributed by atoms with Crippen molar-refractivity contribution in [2.45, 2.75) is 6.92 Å². The Morgan fingerprint density at radius 2 is 1.85 bits per heavy atom. The molecule has 4 rings (SSSR count). The van der Waals surface area contributed by atoms with Crippen molar-refractivity contribution in [3.8, 4) is 22.9 Å². The molecule has 0 bridgehead atoms. The second kappa shape index (κ2) is 9.55. The summed E-state index contributed by atoms with van der Waals surface area (Å²) < 4.78 is 5.59. The molecule has 1 aromatic heterocycles. The van der Waals surface area contributed by atoms with Gasteiger partial charge >= 0.3 is 5.69 Å². The normalized spacial score (nSPS) is 10.5. The SMILES string of the molecule is Cc1cc(=O)[nH]c(-c2cccc(NC(=O)c3ccc(Oc4ccc(Cl)cc4[N+](=O)[O-])cc3)c2)n1. The molecule has 1 amide bonds. The van der Waals surface area contributed by atoms with Gasteiger partial charge in [0.2, 0.25) is 5.75 Å². The fourth-order valence-electron chi connectivity index (χ4n) is 3.18. The van der Waals surface area contributed by atoms with Crippen LogP contribution in [0.3, 0.4) is 0 Å². The number of carbonyl (C=O) groups excluding carboxylic acids is 1. The third-order valence-corrected chi connectivity index (χ3v) is 4.96. The number of nitro benzene ring substituents is 1. The van der Waals surface area contributed by atoms with Crippen molar-refractivity contribution in [1.29, 1.82) is 0 Å². The van der Waals surface area contributed by atoms with Crippen LogP contribution in [-0.4, -0.2) is 20.8 Å². The van der Waals surface area contributed by atoms with Crippen LogP contribution in [0.15, 0.2) is 77.6 Å². The Hall–Kier alpha value is -4.50. The zero-order chi connectivity index (χ0) is 24.2. The number of hydrogen-bond acceptors (Lipinski definition) is 6. The van der Waals surface area contributed by atoms with Crippen molar-refractivity contribution in [3.63, 3.8) is 0 Å². The van der Waals surface area contributed by atoms with Gasteiger partial charge in [0, 0.05) is 39.7 Å². The monoisotopic (exact) mass is 476 g/mol. The van der Waals surface area contributed by atoms with Gasteiger partial charge in [0.05, 0.1) is 4.92 Å². The van der Waals surface area contributed by atoms with Gasteiger partial charge in [-0.05, 0) is 55.5 Å². The van der Waals surface area contributed by atoms with Gasteiger partial charge in [-0.2, -0.15) is 0 Å². The van der Waals surface area contributed by atoms with Gasteiger partial charge < -0.3 is 15.0 Å². The Morgan fingerprint density at radius 3 is 2.56 bits per heavy atom. The van der Waals surface area contributed by atoms with Crippen LogP contribution in [0, 0.1) is 17.0 Å². The van der Waals surface area contributed by atoms with Crippen LogP contribution in [-0.2, 0) is 0 Å². The van der Waals surface area contributed by atoms with Crippen LogP contribution < -0.4 is 15.6 Å². The van der Waals surface area contributed by atoms with E-state index < -0.39 is 4.92 Å². The standard InChI is InChI=1S/C24H17ClN4O5/c1-14-11-22(30)28-23(26-14)16-3-2-4-18(12-16)27-24(31)15-5-8-19(9-6-15)34-21-10-7-17(25)13-20(21)29(32)33/h2-13H,1H3,(H,27,31)(H,26,28,30). The maximum Gasteiger partial charge on any atom is 0.313 e. The Balaban J connectivity index is 1.49. The predicted molar refractivity (Wildman–Crippen MR) is 128 cm³/mol. The highest BCUT2D eigenvalue weighted by molar-refractivity contribution is 6.30. The molecule has 0 unspecified atom stereocenters. The number of benzene rings is 3. The maximum absolute atomic E-state index is 12.7. The predicted octanol–water partition coefficient (Wildman–Crippen LogP) is 5.35. The number of aryl methyl sites for hydroxylation is 1. The fourth-order valence-corrected chi connectivity index (χ4v) is 3.35. The van der Waals surface area contributed by atoms with Crippen LogP contribution >= 0.6 is 11.6 Å². The largest absolute Gasteiger partial charge is 0.450 e. The lowest BCUT2D eigenvalue weighted by atomic mass is 10.1. The highest BCUT2D eigenvalue weighted by Crippen LogP contribution is 2.33. The van der Waals surface area contributed by atoms with Gasteiger partial charge in [-0.1, -0.05) is 23.7 Å². The molecule has 0 saturated carbocycles. The number of amides is 1. The van der Waals surface area contributed by atoms with Gasteiger partial charge in [-0.25, -0.2) is 4.98 Å². The number of hydrogen-bond donors (Lipinski definition) is 2. The van der Waals surface area contributed by atoms with E-state index >= 15 is 0 Å². The highest BCUT2D eigenvalue weighted by atomic mass is 35.5. The van der Waals surface area contributed by atoms with E-state index in [1.165, 1.54) is 48.5 Å². The lowest BCUT2D eigenvalue weighted by molar-refractivity contribution is -0.385. The molecule has 0 spiro atoms. The molecule has 34 heavy (non-hydrogen) atoms. The van der Waals surface area contributed by atoms with Crippen LogP contribution in [0.25, 0.3) is 11.4 Å². The van der Waals surface area contributed by atoms with E-state index in [4.69, 9.17) is 16.3 Å². The number of nitro groups is 1. The van der Waals surface area contributed by atoms with Gasteiger partial charge in [-0.15, -0.1) is 0 Å². The van der Waals surface area contributed by atoms with Crippen molar-refractivity contribution in [2.24, 2.45) is 0 Å². The average molecular weight is 477 g/mol. The van der Waals surface area contributed by atoms with Gasteiger partial charge in [-0.3, -0.25) is 19.7 Å². The van der Waals surface area contributed by atoms with Gasteiger partial charge in [0.25, 0.3) is 11.5 Å². The minimum absolute atomic E-state index is 0.0335. The molecule has 0 radical (unpaired) electrons. The Kier molecular flexibility index (Phi) is 6.37. The molecule has 3 aromatic carbocycles. The first-order valence-electron chi connectivity index (χ1n) is 10.00. The van der Waals surface area contributed by atoms with E-state index in [9.17, 15) is 19.7 Å². The number of aromatic nitrogens is 2. The summed E-state index contributed by atoms with van der Waals surface area (Å²) in [5.41, 5.74) is 1.57. The van der Waals surface area contributed by atoms with Gasteiger partial charge in [0.1, 0.15) is 11.6 Å². The second-order valence-corrected chi connectivity index (χ2v) is 7.70. The number of aromatic amines is 1. The smallest absolute Gasteiger partial charge is 0.313 e. The molecule has 0 fully saturated rings. The van der Waals surface area contributed by atoms with Crippen molar-refractivity contribution in [2.75, 3.05) is 5.32 Å². The minimum atomic E-state index is -0.584. The zero-order valence-electron chi connectivity index (χ0n) is 17.7. The number of nitrogens with zero attached hydrogens (tertiary/aromatic N) is 2. The van der Waals surface area contributed by atoms with Crippen molar-refractivity contribution in [3.05, 3.63) is 110 Å². The average Bonchev–Trinajstić information content (AvgIpc) is 2.80. The molecule has 9 nitrogen and oxygen atoms in total. The van der Waals surface area contributed by atoms with E-state index in [1.54, 1.807) is 31.2 Å². The molecular formula is C24H17ClN4O5. The first-order valence-corrected chi connectivity index (χ1v) is 10.4. The van der Waals surface area contributed by atoms with E-state index in [1.807, 2.05) is 0 Å². The van der Waals surface area contributed by atoms with E-state index in [-0.39, 0.29) is 27.9 Å².